The van der Waals surface area contributed by atoms with Gasteiger partial charge in [-0.1, -0.05) is 47.5 Å². The van der Waals surface area contributed by atoms with Crippen LogP contribution >= 0.6 is 34.8 Å². The number of hydrogen-bond donors (Lipinski definition) is 0. The molecule has 98 valence electrons. The third-order valence-corrected chi connectivity index (χ3v) is 3.63. The van der Waals surface area contributed by atoms with Gasteiger partial charge in [-0.25, -0.2) is 0 Å². The van der Waals surface area contributed by atoms with Crippen LogP contribution in [0.3, 0.4) is 0 Å². The van der Waals surface area contributed by atoms with E-state index in [-0.39, 0.29) is 0 Å². The van der Waals surface area contributed by atoms with Crippen molar-refractivity contribution in [3.05, 3.63) is 69.7 Å². The van der Waals surface area contributed by atoms with Crippen molar-refractivity contribution in [1.29, 1.82) is 0 Å². The second-order valence-electron chi connectivity index (χ2n) is 4.24. The Kier molecular flexibility index (Phi) is 4.87. The molecule has 2 aromatic rings. The molecule has 0 saturated carbocycles. The van der Waals surface area contributed by atoms with Crippen LogP contribution in [0.25, 0.3) is 0 Å². The first kappa shape index (κ1) is 14.4. The highest BCUT2D eigenvalue weighted by Crippen LogP contribution is 2.26. The minimum atomic E-state index is -0.401. The van der Waals surface area contributed by atoms with E-state index in [0.29, 0.717) is 16.5 Å². The number of carbonyl (C=O) groups is 1. The third-order valence-electron chi connectivity index (χ3n) is 2.88. The van der Waals surface area contributed by atoms with Gasteiger partial charge < -0.3 is 0 Å². The largest absolute Gasteiger partial charge is 0.281 e. The molecule has 2 rings (SSSR count). The van der Waals surface area contributed by atoms with Gasteiger partial charge in [0.25, 0.3) is 0 Å². The summed E-state index contributed by atoms with van der Waals surface area (Å²) in [7, 11) is 0. The van der Waals surface area contributed by atoms with Crippen molar-refractivity contribution in [2.75, 3.05) is 0 Å². The molecular formula is C15H11Cl3O. The number of rotatable bonds is 4. The maximum Gasteiger partial charge on any atom is 0.229 e. The molecule has 1 atom stereocenters. The highest BCUT2D eigenvalue weighted by Gasteiger charge is 2.19. The maximum atomic E-state index is 11.6. The molecule has 0 bridgehead atoms. The second kappa shape index (κ2) is 6.42. The summed E-state index contributed by atoms with van der Waals surface area (Å²) >= 11 is 17.5. The topological polar surface area (TPSA) is 17.1 Å². The highest BCUT2D eigenvalue weighted by atomic mass is 35.5. The van der Waals surface area contributed by atoms with Gasteiger partial charge in [0.15, 0.2) is 0 Å². The van der Waals surface area contributed by atoms with Crippen LogP contribution in [-0.2, 0) is 11.2 Å². The lowest BCUT2D eigenvalue weighted by Crippen LogP contribution is -2.10. The zero-order valence-electron chi connectivity index (χ0n) is 9.95. The third kappa shape index (κ3) is 3.97. The molecule has 0 amide bonds. The summed E-state index contributed by atoms with van der Waals surface area (Å²) in [5, 5.41) is 0.869. The molecule has 0 saturated heterocycles. The van der Waals surface area contributed by atoms with E-state index in [4.69, 9.17) is 34.8 Å². The molecule has 0 fully saturated rings. The van der Waals surface area contributed by atoms with Crippen LogP contribution < -0.4 is 0 Å². The number of halogens is 3. The van der Waals surface area contributed by atoms with Gasteiger partial charge in [-0.05, 0) is 53.4 Å². The quantitative estimate of drug-likeness (QED) is 0.719. The predicted octanol–water partition coefficient (Wildman–Crippen LogP) is 5.09. The predicted molar refractivity (Wildman–Crippen MR) is 80.2 cm³/mol. The van der Waals surface area contributed by atoms with Crippen LogP contribution in [0.4, 0.5) is 0 Å². The van der Waals surface area contributed by atoms with Gasteiger partial charge in [-0.2, -0.15) is 0 Å². The fourth-order valence-electron chi connectivity index (χ4n) is 1.91. The molecule has 2 aromatic carbocycles. The normalized spacial score (nSPS) is 12.2. The highest BCUT2D eigenvalue weighted by molar-refractivity contribution is 6.64. The van der Waals surface area contributed by atoms with Crippen molar-refractivity contribution in [2.24, 2.45) is 0 Å². The van der Waals surface area contributed by atoms with Gasteiger partial charge in [-0.15, -0.1) is 0 Å². The first-order chi connectivity index (χ1) is 9.06. The Morgan fingerprint density at radius 1 is 1.00 bits per heavy atom. The summed E-state index contributed by atoms with van der Waals surface area (Å²) < 4.78 is 0. The fraction of sp³-hybridized carbons (Fsp3) is 0.133. The summed E-state index contributed by atoms with van der Waals surface area (Å²) in [4.78, 5) is 11.6. The molecule has 0 aliphatic carbocycles. The van der Waals surface area contributed by atoms with Gasteiger partial charge in [0, 0.05) is 10.0 Å². The van der Waals surface area contributed by atoms with Gasteiger partial charge in [0.1, 0.15) is 0 Å². The molecule has 0 aromatic heterocycles. The van der Waals surface area contributed by atoms with Crippen molar-refractivity contribution in [3.63, 3.8) is 0 Å². The lowest BCUT2D eigenvalue weighted by molar-refractivity contribution is -0.113. The molecule has 1 unspecified atom stereocenters. The Morgan fingerprint density at radius 2 is 1.68 bits per heavy atom. The van der Waals surface area contributed by atoms with Crippen molar-refractivity contribution in [3.8, 4) is 0 Å². The molecule has 0 N–H and O–H groups in total. The Bertz CT molecular complexity index is 578. The average molecular weight is 314 g/mol. The molecular weight excluding hydrogens is 303 g/mol. The van der Waals surface area contributed by atoms with E-state index in [2.05, 4.69) is 0 Å². The minimum Gasteiger partial charge on any atom is -0.281 e. The Hall–Kier alpha value is -1.02. The summed E-state index contributed by atoms with van der Waals surface area (Å²) in [6.07, 6.45) is 0.528. The molecule has 4 heteroatoms. The second-order valence-corrected chi connectivity index (χ2v) is 5.49. The first-order valence-electron chi connectivity index (χ1n) is 5.75. The minimum absolute atomic E-state index is 0.391. The van der Waals surface area contributed by atoms with Gasteiger partial charge >= 0.3 is 0 Å². The van der Waals surface area contributed by atoms with E-state index in [1.807, 2.05) is 24.3 Å². The molecule has 0 heterocycles. The summed E-state index contributed by atoms with van der Waals surface area (Å²) in [5.74, 6) is -0.401. The van der Waals surface area contributed by atoms with Crippen LogP contribution in [0.2, 0.25) is 10.0 Å². The van der Waals surface area contributed by atoms with Gasteiger partial charge in [0.05, 0.1) is 5.92 Å². The molecule has 1 nitrogen and oxygen atoms in total. The van der Waals surface area contributed by atoms with E-state index < -0.39 is 11.2 Å². The molecule has 0 aliphatic heterocycles. The zero-order valence-corrected chi connectivity index (χ0v) is 12.2. The Labute approximate surface area is 127 Å². The molecule has 19 heavy (non-hydrogen) atoms. The molecule has 0 aliphatic rings. The SMILES string of the molecule is O=C(Cl)C(Cc1ccc(Cl)cc1)c1cccc(Cl)c1. The molecule has 0 spiro atoms. The van der Waals surface area contributed by atoms with E-state index in [1.165, 1.54) is 0 Å². The summed E-state index contributed by atoms with van der Waals surface area (Å²) in [6.45, 7) is 0. The maximum absolute atomic E-state index is 11.6. The Morgan fingerprint density at radius 3 is 2.26 bits per heavy atom. The average Bonchev–Trinajstić information content (AvgIpc) is 2.37. The van der Waals surface area contributed by atoms with E-state index >= 15 is 0 Å². The van der Waals surface area contributed by atoms with E-state index in [0.717, 1.165) is 11.1 Å². The van der Waals surface area contributed by atoms with Crippen LogP contribution in [0.1, 0.15) is 17.0 Å². The fourth-order valence-corrected chi connectivity index (χ4v) is 2.44. The van der Waals surface area contributed by atoms with Crippen molar-refractivity contribution >= 4 is 40.0 Å². The zero-order chi connectivity index (χ0) is 13.8. The molecule has 0 radical (unpaired) electrons. The van der Waals surface area contributed by atoms with Crippen LogP contribution in [0, 0.1) is 0 Å². The Balaban J connectivity index is 2.26. The van der Waals surface area contributed by atoms with E-state index in [1.54, 1.807) is 24.3 Å². The lowest BCUT2D eigenvalue weighted by atomic mass is 9.93. The van der Waals surface area contributed by atoms with Gasteiger partial charge in [0.2, 0.25) is 5.24 Å². The number of hydrogen-bond acceptors (Lipinski definition) is 1. The lowest BCUT2D eigenvalue weighted by Gasteiger charge is -2.13. The van der Waals surface area contributed by atoms with Crippen LogP contribution in [0.5, 0.6) is 0 Å². The first-order valence-corrected chi connectivity index (χ1v) is 6.89. The number of carbonyl (C=O) groups excluding carboxylic acids is 1. The standard InChI is InChI=1S/C15H11Cl3O/c16-12-6-4-10(5-7-12)8-14(15(18)19)11-2-1-3-13(17)9-11/h1-7,9,14H,8H2. The van der Waals surface area contributed by atoms with Crippen LogP contribution in [-0.4, -0.2) is 5.24 Å². The monoisotopic (exact) mass is 312 g/mol. The summed E-state index contributed by atoms with van der Waals surface area (Å²) in [5.41, 5.74) is 1.82. The smallest absolute Gasteiger partial charge is 0.229 e. The van der Waals surface area contributed by atoms with Crippen molar-refractivity contribution < 1.29 is 4.79 Å². The number of benzene rings is 2. The van der Waals surface area contributed by atoms with Gasteiger partial charge in [-0.3, -0.25) is 4.79 Å². The van der Waals surface area contributed by atoms with Crippen molar-refractivity contribution in [2.45, 2.75) is 12.3 Å². The van der Waals surface area contributed by atoms with Crippen molar-refractivity contribution in [1.82, 2.24) is 0 Å². The van der Waals surface area contributed by atoms with Crippen LogP contribution in [0.15, 0.2) is 48.5 Å². The van der Waals surface area contributed by atoms with E-state index in [9.17, 15) is 4.79 Å². The summed E-state index contributed by atoms with van der Waals surface area (Å²) in [6, 6.07) is 14.6.